The Morgan fingerprint density at radius 3 is 2.15 bits per heavy atom. The van der Waals surface area contributed by atoms with Crippen LogP contribution in [0.4, 0.5) is 0 Å². The van der Waals surface area contributed by atoms with Crippen LogP contribution in [-0.4, -0.2) is 20.0 Å². The summed E-state index contributed by atoms with van der Waals surface area (Å²) in [5.74, 6) is 0.908. The van der Waals surface area contributed by atoms with Crippen LogP contribution in [0.3, 0.4) is 0 Å². The van der Waals surface area contributed by atoms with E-state index in [1.54, 1.807) is 31.4 Å². The monoisotopic (exact) mass is 310 g/mol. The summed E-state index contributed by atoms with van der Waals surface area (Å²) in [7, 11) is 3.06. The molecular weight excluding hydrogens is 299 g/mol. The maximum absolute atomic E-state index is 12.4. The molecule has 0 radical (unpaired) electrons. The number of carbonyl (C=O) groups excluding carboxylic acids is 1. The van der Waals surface area contributed by atoms with E-state index in [-0.39, 0.29) is 5.78 Å². The Kier molecular flexibility index (Phi) is 4.53. The van der Waals surface area contributed by atoms with Crippen LogP contribution in [0.1, 0.15) is 15.9 Å². The molecule has 0 fully saturated rings. The zero-order valence-corrected chi connectivity index (χ0v) is 12.5. The Balaban J connectivity index is 2.39. The molecule has 0 bridgehead atoms. The van der Waals surface area contributed by atoms with Gasteiger partial charge in [-0.2, -0.15) is 0 Å². The van der Waals surface area contributed by atoms with Gasteiger partial charge in [0.2, 0.25) is 0 Å². The van der Waals surface area contributed by atoms with Crippen LogP contribution in [0.2, 0.25) is 10.0 Å². The van der Waals surface area contributed by atoms with E-state index in [9.17, 15) is 4.79 Å². The third kappa shape index (κ3) is 2.89. The smallest absolute Gasteiger partial charge is 0.194 e. The second kappa shape index (κ2) is 6.16. The SMILES string of the molecule is COc1ccc(C(=O)c2cc(Cl)c(OC)cc2Cl)cc1. The van der Waals surface area contributed by atoms with Crippen LogP contribution < -0.4 is 9.47 Å². The first-order valence-corrected chi connectivity index (χ1v) is 6.54. The third-order valence-corrected chi connectivity index (χ3v) is 3.45. The molecule has 0 aliphatic carbocycles. The normalized spacial score (nSPS) is 10.2. The van der Waals surface area contributed by atoms with Crippen LogP contribution in [0.5, 0.6) is 11.5 Å². The lowest BCUT2D eigenvalue weighted by molar-refractivity contribution is 0.103. The molecule has 0 spiro atoms. The molecule has 2 rings (SSSR count). The Bertz CT molecular complexity index is 636. The van der Waals surface area contributed by atoms with Crippen LogP contribution in [-0.2, 0) is 0 Å². The van der Waals surface area contributed by atoms with Crippen LogP contribution in [0.15, 0.2) is 36.4 Å². The maximum Gasteiger partial charge on any atom is 0.194 e. The van der Waals surface area contributed by atoms with Crippen molar-refractivity contribution in [2.45, 2.75) is 0 Å². The molecule has 104 valence electrons. The average molecular weight is 311 g/mol. The van der Waals surface area contributed by atoms with Gasteiger partial charge >= 0.3 is 0 Å². The van der Waals surface area contributed by atoms with Crippen molar-refractivity contribution in [2.24, 2.45) is 0 Å². The van der Waals surface area contributed by atoms with E-state index in [1.807, 2.05) is 0 Å². The lowest BCUT2D eigenvalue weighted by Gasteiger charge is -2.08. The molecule has 0 unspecified atom stereocenters. The minimum atomic E-state index is -0.206. The molecule has 0 N–H and O–H groups in total. The number of ether oxygens (including phenoxy) is 2. The van der Waals surface area contributed by atoms with E-state index in [2.05, 4.69) is 0 Å². The fraction of sp³-hybridized carbons (Fsp3) is 0.133. The van der Waals surface area contributed by atoms with Crippen molar-refractivity contribution in [3.05, 3.63) is 57.6 Å². The number of ketones is 1. The first-order valence-electron chi connectivity index (χ1n) is 5.78. The number of rotatable bonds is 4. The molecule has 0 atom stereocenters. The summed E-state index contributed by atoms with van der Waals surface area (Å²) in [6.07, 6.45) is 0. The first kappa shape index (κ1) is 14.7. The molecule has 0 aliphatic heterocycles. The molecule has 20 heavy (non-hydrogen) atoms. The number of benzene rings is 2. The molecule has 0 saturated heterocycles. The largest absolute Gasteiger partial charge is 0.497 e. The van der Waals surface area contributed by atoms with E-state index in [4.69, 9.17) is 32.7 Å². The predicted molar refractivity (Wildman–Crippen MR) is 79.4 cm³/mol. The van der Waals surface area contributed by atoms with Crippen LogP contribution in [0.25, 0.3) is 0 Å². The number of halogens is 2. The summed E-state index contributed by atoms with van der Waals surface area (Å²) >= 11 is 12.1. The number of carbonyl (C=O) groups is 1. The van der Waals surface area contributed by atoms with Crippen LogP contribution >= 0.6 is 23.2 Å². The van der Waals surface area contributed by atoms with Crippen molar-refractivity contribution in [1.82, 2.24) is 0 Å². The highest BCUT2D eigenvalue weighted by atomic mass is 35.5. The van der Waals surface area contributed by atoms with Crippen molar-refractivity contribution in [1.29, 1.82) is 0 Å². The van der Waals surface area contributed by atoms with Gasteiger partial charge in [0.05, 0.1) is 24.3 Å². The summed E-state index contributed by atoms with van der Waals surface area (Å²) in [6, 6.07) is 9.82. The molecule has 0 amide bonds. The highest BCUT2D eigenvalue weighted by Crippen LogP contribution is 2.32. The van der Waals surface area contributed by atoms with Gasteiger partial charge in [-0.25, -0.2) is 0 Å². The van der Waals surface area contributed by atoms with E-state index >= 15 is 0 Å². The zero-order chi connectivity index (χ0) is 14.7. The molecule has 0 saturated carbocycles. The number of hydrogen-bond donors (Lipinski definition) is 0. The highest BCUT2D eigenvalue weighted by molar-refractivity contribution is 6.37. The van der Waals surface area contributed by atoms with E-state index < -0.39 is 0 Å². The molecule has 0 aromatic heterocycles. The van der Waals surface area contributed by atoms with Gasteiger partial charge in [-0.1, -0.05) is 23.2 Å². The molecule has 2 aromatic rings. The van der Waals surface area contributed by atoms with Gasteiger partial charge in [-0.15, -0.1) is 0 Å². The van der Waals surface area contributed by atoms with Gasteiger partial charge < -0.3 is 9.47 Å². The molecule has 2 aromatic carbocycles. The van der Waals surface area contributed by atoms with Crippen LogP contribution in [0, 0.1) is 0 Å². The average Bonchev–Trinajstić information content (AvgIpc) is 2.48. The molecular formula is C15H12Cl2O3. The lowest BCUT2D eigenvalue weighted by atomic mass is 10.0. The number of methoxy groups -OCH3 is 2. The minimum absolute atomic E-state index is 0.206. The number of hydrogen-bond acceptors (Lipinski definition) is 3. The zero-order valence-electron chi connectivity index (χ0n) is 10.9. The molecule has 0 heterocycles. The molecule has 3 nitrogen and oxygen atoms in total. The summed E-state index contributed by atoms with van der Waals surface area (Å²) < 4.78 is 10.1. The molecule has 0 aliphatic rings. The summed E-state index contributed by atoms with van der Waals surface area (Å²) in [5, 5.41) is 0.640. The first-order chi connectivity index (χ1) is 9.56. The maximum atomic E-state index is 12.4. The Morgan fingerprint density at radius 2 is 1.60 bits per heavy atom. The second-order valence-electron chi connectivity index (χ2n) is 4.02. The summed E-state index contributed by atoms with van der Waals surface area (Å²) in [6.45, 7) is 0. The lowest BCUT2D eigenvalue weighted by Crippen LogP contribution is -2.03. The van der Waals surface area contributed by atoms with Crippen molar-refractivity contribution in [2.75, 3.05) is 14.2 Å². The molecule has 5 heteroatoms. The Labute approximate surface area is 127 Å². The van der Waals surface area contributed by atoms with Crippen molar-refractivity contribution >= 4 is 29.0 Å². The third-order valence-electron chi connectivity index (χ3n) is 2.84. The van der Waals surface area contributed by atoms with Gasteiger partial charge in [-0.05, 0) is 30.3 Å². The van der Waals surface area contributed by atoms with Gasteiger partial charge in [0.25, 0.3) is 0 Å². The summed E-state index contributed by atoms with van der Waals surface area (Å²) in [4.78, 5) is 12.4. The Morgan fingerprint density at radius 1 is 0.950 bits per heavy atom. The highest BCUT2D eigenvalue weighted by Gasteiger charge is 2.16. The van der Waals surface area contributed by atoms with Gasteiger partial charge in [0.15, 0.2) is 5.78 Å². The van der Waals surface area contributed by atoms with Gasteiger partial charge in [0.1, 0.15) is 11.5 Å². The standard InChI is InChI=1S/C15H12Cl2O3/c1-19-10-5-3-9(4-6-10)15(18)11-7-13(17)14(20-2)8-12(11)16/h3-8H,1-2H3. The van der Waals surface area contributed by atoms with Crippen molar-refractivity contribution < 1.29 is 14.3 Å². The van der Waals surface area contributed by atoms with E-state index in [0.717, 1.165) is 0 Å². The van der Waals surface area contributed by atoms with Crippen molar-refractivity contribution in [3.8, 4) is 11.5 Å². The fourth-order valence-corrected chi connectivity index (χ4v) is 2.24. The van der Waals surface area contributed by atoms with E-state index in [0.29, 0.717) is 32.7 Å². The van der Waals surface area contributed by atoms with Gasteiger partial charge in [-0.3, -0.25) is 4.79 Å². The quantitative estimate of drug-likeness (QED) is 0.792. The summed E-state index contributed by atoms with van der Waals surface area (Å²) in [5.41, 5.74) is 0.844. The predicted octanol–water partition coefficient (Wildman–Crippen LogP) is 4.24. The van der Waals surface area contributed by atoms with Gasteiger partial charge in [0, 0.05) is 17.2 Å². The minimum Gasteiger partial charge on any atom is -0.497 e. The van der Waals surface area contributed by atoms with Crippen molar-refractivity contribution in [3.63, 3.8) is 0 Å². The van der Waals surface area contributed by atoms with E-state index in [1.165, 1.54) is 19.2 Å². The fourth-order valence-electron chi connectivity index (χ4n) is 1.76. The Hall–Kier alpha value is -1.71. The second-order valence-corrected chi connectivity index (χ2v) is 4.84. The topological polar surface area (TPSA) is 35.5 Å².